The molecule has 0 radical (unpaired) electrons. The number of hydrogen-bond acceptors (Lipinski definition) is 6. The summed E-state index contributed by atoms with van der Waals surface area (Å²) < 4.78 is 0. The number of nitrogen functional groups attached to an aromatic ring is 1. The molecule has 0 aliphatic rings. The number of anilines is 1. The number of nitrogens with two attached hydrogens (primary N) is 1. The molecular weight excluding hydrogens is 370 g/mol. The molecule has 0 amide bonds. The van der Waals surface area contributed by atoms with Crippen LogP contribution in [0, 0.1) is 6.92 Å². The van der Waals surface area contributed by atoms with E-state index in [2.05, 4.69) is 15.0 Å². The third kappa shape index (κ3) is 2.56. The number of rotatable bonds is 2. The highest BCUT2D eigenvalue weighted by molar-refractivity contribution is 7.22. The third-order valence-electron chi connectivity index (χ3n) is 4.68. The van der Waals surface area contributed by atoms with Crippen LogP contribution in [-0.2, 0) is 0 Å². The summed E-state index contributed by atoms with van der Waals surface area (Å²) in [6.07, 6.45) is 0. The van der Waals surface area contributed by atoms with E-state index in [4.69, 9.17) is 10.7 Å². The van der Waals surface area contributed by atoms with Crippen LogP contribution in [0.4, 0.5) is 5.82 Å². The summed E-state index contributed by atoms with van der Waals surface area (Å²) in [7, 11) is 0. The third-order valence-corrected chi connectivity index (χ3v) is 5.87. The number of thiophene rings is 1. The van der Waals surface area contributed by atoms with E-state index < -0.39 is 0 Å². The first-order valence-electron chi connectivity index (χ1n) is 8.73. The standard InChI is InChI=1S/C21H15N5OS/c1-11-15-17(22)24-18(12-7-3-2-4-8-12)26-21(15)28-16(11)19-23-14-10-6-5-9-13(14)20(27)25-19/h2-10H,1H3,(H2,22,24,26)(H,23,25,27). The van der Waals surface area contributed by atoms with Crippen LogP contribution in [0.15, 0.2) is 59.4 Å². The maximum Gasteiger partial charge on any atom is 0.259 e. The van der Waals surface area contributed by atoms with Crippen molar-refractivity contribution in [3.63, 3.8) is 0 Å². The molecule has 0 bridgehead atoms. The molecule has 7 heteroatoms. The molecule has 0 spiro atoms. The lowest BCUT2D eigenvalue weighted by atomic mass is 10.1. The molecule has 0 saturated carbocycles. The van der Waals surface area contributed by atoms with Gasteiger partial charge >= 0.3 is 0 Å². The highest BCUT2D eigenvalue weighted by Gasteiger charge is 2.18. The van der Waals surface area contributed by atoms with Crippen molar-refractivity contribution < 1.29 is 0 Å². The van der Waals surface area contributed by atoms with Gasteiger partial charge in [0, 0.05) is 5.56 Å². The molecule has 0 atom stereocenters. The van der Waals surface area contributed by atoms with E-state index in [0.29, 0.717) is 28.4 Å². The Bertz CT molecular complexity index is 1410. The molecular formula is C21H15N5OS. The first-order valence-corrected chi connectivity index (χ1v) is 9.55. The molecule has 6 nitrogen and oxygen atoms in total. The fourth-order valence-electron chi connectivity index (χ4n) is 3.31. The fourth-order valence-corrected chi connectivity index (χ4v) is 4.44. The van der Waals surface area contributed by atoms with E-state index in [9.17, 15) is 4.79 Å². The summed E-state index contributed by atoms with van der Waals surface area (Å²) in [6, 6.07) is 17.0. The predicted octanol–water partition coefficient (Wildman–Crippen LogP) is 4.15. The van der Waals surface area contributed by atoms with Crippen molar-refractivity contribution in [2.45, 2.75) is 6.92 Å². The van der Waals surface area contributed by atoms with E-state index in [-0.39, 0.29) is 5.56 Å². The van der Waals surface area contributed by atoms with Crippen LogP contribution >= 0.6 is 11.3 Å². The second kappa shape index (κ2) is 6.24. The fraction of sp³-hybridized carbons (Fsp3) is 0.0476. The zero-order valence-electron chi connectivity index (χ0n) is 14.9. The van der Waals surface area contributed by atoms with Gasteiger partial charge in [0.15, 0.2) is 11.6 Å². The van der Waals surface area contributed by atoms with E-state index >= 15 is 0 Å². The van der Waals surface area contributed by atoms with Gasteiger partial charge in [0.25, 0.3) is 5.56 Å². The number of benzene rings is 2. The lowest BCUT2D eigenvalue weighted by Crippen LogP contribution is -2.09. The number of hydrogen-bond donors (Lipinski definition) is 2. The molecule has 5 rings (SSSR count). The molecule has 28 heavy (non-hydrogen) atoms. The van der Waals surface area contributed by atoms with Gasteiger partial charge in [-0.25, -0.2) is 15.0 Å². The molecule has 136 valence electrons. The highest BCUT2D eigenvalue weighted by atomic mass is 32.1. The maximum atomic E-state index is 12.5. The largest absolute Gasteiger partial charge is 0.383 e. The Kier molecular flexibility index (Phi) is 3.70. The Morgan fingerprint density at radius 1 is 0.964 bits per heavy atom. The molecule has 0 fully saturated rings. The average Bonchev–Trinajstić information content (AvgIpc) is 3.05. The van der Waals surface area contributed by atoms with Crippen LogP contribution in [0.3, 0.4) is 0 Å². The zero-order chi connectivity index (χ0) is 19.3. The van der Waals surface area contributed by atoms with Gasteiger partial charge in [-0.15, -0.1) is 11.3 Å². The summed E-state index contributed by atoms with van der Waals surface area (Å²) in [6.45, 7) is 1.95. The van der Waals surface area contributed by atoms with Gasteiger partial charge in [-0.1, -0.05) is 42.5 Å². The number of aromatic nitrogens is 4. The van der Waals surface area contributed by atoms with Crippen LogP contribution in [0.1, 0.15) is 5.56 Å². The first kappa shape index (κ1) is 16.6. The van der Waals surface area contributed by atoms with Crippen molar-refractivity contribution in [1.82, 2.24) is 19.9 Å². The summed E-state index contributed by atoms with van der Waals surface area (Å²) in [5.74, 6) is 1.52. The zero-order valence-corrected chi connectivity index (χ0v) is 15.7. The van der Waals surface area contributed by atoms with Gasteiger partial charge in [0.2, 0.25) is 0 Å². The van der Waals surface area contributed by atoms with Gasteiger partial charge in [0.1, 0.15) is 10.6 Å². The summed E-state index contributed by atoms with van der Waals surface area (Å²) in [5.41, 5.74) is 8.58. The van der Waals surface area contributed by atoms with Gasteiger partial charge in [-0.05, 0) is 24.6 Å². The molecule has 5 aromatic rings. The topological polar surface area (TPSA) is 97.5 Å². The number of H-pyrrole nitrogens is 1. The number of aryl methyl sites for hydroxylation is 1. The Hall–Kier alpha value is -3.58. The van der Waals surface area contributed by atoms with Crippen LogP contribution < -0.4 is 11.3 Å². The second-order valence-electron chi connectivity index (χ2n) is 6.47. The quantitative estimate of drug-likeness (QED) is 0.476. The number of nitrogens with zero attached hydrogens (tertiary/aromatic N) is 3. The molecule has 0 aliphatic heterocycles. The Balaban J connectivity index is 1.74. The minimum Gasteiger partial charge on any atom is -0.383 e. The predicted molar refractivity (Wildman–Crippen MR) is 113 cm³/mol. The van der Waals surface area contributed by atoms with Crippen molar-refractivity contribution in [2.75, 3.05) is 5.73 Å². The van der Waals surface area contributed by atoms with E-state index in [0.717, 1.165) is 26.2 Å². The molecule has 2 aromatic carbocycles. The maximum absolute atomic E-state index is 12.5. The van der Waals surface area contributed by atoms with Crippen LogP contribution in [-0.4, -0.2) is 19.9 Å². The number of aromatic amines is 1. The van der Waals surface area contributed by atoms with Crippen molar-refractivity contribution in [2.24, 2.45) is 0 Å². The lowest BCUT2D eigenvalue weighted by Gasteiger charge is -2.03. The second-order valence-corrected chi connectivity index (χ2v) is 7.47. The lowest BCUT2D eigenvalue weighted by molar-refractivity contribution is 1.18. The van der Waals surface area contributed by atoms with Crippen LogP contribution in [0.2, 0.25) is 0 Å². The van der Waals surface area contributed by atoms with Gasteiger partial charge in [-0.3, -0.25) is 4.79 Å². The minimum absolute atomic E-state index is 0.165. The molecule has 3 aromatic heterocycles. The van der Waals surface area contributed by atoms with Gasteiger partial charge in [0.05, 0.1) is 21.2 Å². The van der Waals surface area contributed by atoms with Crippen molar-refractivity contribution in [3.8, 4) is 22.1 Å². The van der Waals surface area contributed by atoms with Crippen molar-refractivity contribution in [3.05, 3.63) is 70.5 Å². The summed E-state index contributed by atoms with van der Waals surface area (Å²) >= 11 is 1.45. The minimum atomic E-state index is -0.165. The Morgan fingerprint density at radius 3 is 2.54 bits per heavy atom. The van der Waals surface area contributed by atoms with Gasteiger partial charge < -0.3 is 10.7 Å². The van der Waals surface area contributed by atoms with E-state index in [1.54, 1.807) is 6.07 Å². The monoisotopic (exact) mass is 385 g/mol. The molecule has 0 unspecified atom stereocenters. The Morgan fingerprint density at radius 2 is 1.71 bits per heavy atom. The SMILES string of the molecule is Cc1c(-c2nc3ccccc3c(=O)[nH]2)sc2nc(-c3ccccc3)nc(N)c12. The van der Waals surface area contributed by atoms with E-state index in [1.807, 2.05) is 55.5 Å². The highest BCUT2D eigenvalue weighted by Crippen LogP contribution is 2.38. The van der Waals surface area contributed by atoms with E-state index in [1.165, 1.54) is 11.3 Å². The van der Waals surface area contributed by atoms with Gasteiger partial charge in [-0.2, -0.15) is 0 Å². The number of fused-ring (bicyclic) bond motifs is 2. The smallest absolute Gasteiger partial charge is 0.259 e. The van der Waals surface area contributed by atoms with Crippen LogP contribution in [0.5, 0.6) is 0 Å². The molecule has 0 aliphatic carbocycles. The first-order chi connectivity index (χ1) is 13.6. The van der Waals surface area contributed by atoms with Crippen LogP contribution in [0.25, 0.3) is 43.2 Å². The number of para-hydroxylation sites is 1. The normalized spacial score (nSPS) is 11.3. The Labute approximate surface area is 163 Å². The van der Waals surface area contributed by atoms with Crippen molar-refractivity contribution >= 4 is 38.3 Å². The molecule has 3 N–H and O–H groups in total. The van der Waals surface area contributed by atoms with Crippen molar-refractivity contribution in [1.29, 1.82) is 0 Å². The summed E-state index contributed by atoms with van der Waals surface area (Å²) in [4.78, 5) is 30.8. The summed E-state index contributed by atoms with van der Waals surface area (Å²) in [5, 5.41) is 1.37. The molecule has 3 heterocycles. The number of nitrogens with one attached hydrogen (secondary N) is 1. The molecule has 0 saturated heterocycles. The average molecular weight is 385 g/mol.